The number of likely N-dealkylation sites (tertiary alicyclic amines) is 1. The lowest BCUT2D eigenvalue weighted by atomic mass is 9.90. The van der Waals surface area contributed by atoms with Gasteiger partial charge in [0.1, 0.15) is 5.54 Å². The molecular weight excluding hydrogens is 434 g/mol. The number of amides is 2. The zero-order chi connectivity index (χ0) is 23.6. The fraction of sp³-hybridized carbons (Fsp3) is 0.346. The number of hydrogen-bond acceptors (Lipinski definition) is 5. The molecule has 0 aliphatic carbocycles. The standard InChI is InChI=1S/C26H29N3O3S/c1-4-26(13-22(30)15-29(26)24(31)21-7-5-6-17(2)12-21)25(32)27-14-19-8-10-20(11-9-19)23-18(3)28-16-33-23/h5-12,16,22,30H,4,13-15H2,1-3H3,(H,27,32)/t22-,26?/m1/s1. The molecule has 6 nitrogen and oxygen atoms in total. The maximum Gasteiger partial charge on any atom is 0.254 e. The van der Waals surface area contributed by atoms with Crippen molar-refractivity contribution >= 4 is 23.2 Å². The summed E-state index contributed by atoms with van der Waals surface area (Å²) in [7, 11) is 0. The SMILES string of the molecule is CCC1(C(=O)NCc2ccc(-c3scnc3C)cc2)C[C@@H](O)CN1C(=O)c1cccc(C)c1. The van der Waals surface area contributed by atoms with E-state index in [1.54, 1.807) is 22.3 Å². The lowest BCUT2D eigenvalue weighted by Gasteiger charge is -2.36. The average Bonchev–Trinajstić information content (AvgIpc) is 3.40. The van der Waals surface area contributed by atoms with Crippen molar-refractivity contribution in [1.82, 2.24) is 15.2 Å². The summed E-state index contributed by atoms with van der Waals surface area (Å²) in [6, 6.07) is 15.4. The molecule has 1 aromatic heterocycles. The van der Waals surface area contributed by atoms with Crippen LogP contribution in [0.5, 0.6) is 0 Å². The summed E-state index contributed by atoms with van der Waals surface area (Å²) in [5.74, 6) is -0.457. The second-order valence-corrected chi connectivity index (χ2v) is 9.53. The van der Waals surface area contributed by atoms with Crippen LogP contribution < -0.4 is 5.32 Å². The first kappa shape index (κ1) is 23.1. The number of aromatic nitrogens is 1. The van der Waals surface area contributed by atoms with Gasteiger partial charge in [-0.25, -0.2) is 4.98 Å². The lowest BCUT2D eigenvalue weighted by Crippen LogP contribution is -2.57. The minimum atomic E-state index is -1.07. The van der Waals surface area contributed by atoms with Crippen LogP contribution in [-0.2, 0) is 11.3 Å². The van der Waals surface area contributed by atoms with Gasteiger partial charge in [0.05, 0.1) is 22.2 Å². The number of nitrogens with one attached hydrogen (secondary N) is 1. The Labute approximate surface area is 198 Å². The molecule has 7 heteroatoms. The van der Waals surface area contributed by atoms with Crippen LogP contribution >= 0.6 is 11.3 Å². The Morgan fingerprint density at radius 1 is 1.21 bits per heavy atom. The molecular formula is C26H29N3O3S. The molecule has 33 heavy (non-hydrogen) atoms. The molecule has 2 aromatic carbocycles. The van der Waals surface area contributed by atoms with E-state index in [2.05, 4.69) is 10.3 Å². The highest BCUT2D eigenvalue weighted by Gasteiger charge is 2.51. The number of carbonyl (C=O) groups excluding carboxylic acids is 2. The number of carbonyl (C=O) groups is 2. The third-order valence-corrected chi connectivity index (χ3v) is 7.39. The number of aryl methyl sites for hydroxylation is 2. The summed E-state index contributed by atoms with van der Waals surface area (Å²) >= 11 is 1.61. The topological polar surface area (TPSA) is 82.5 Å². The van der Waals surface area contributed by atoms with E-state index in [0.29, 0.717) is 18.5 Å². The molecule has 1 saturated heterocycles. The summed E-state index contributed by atoms with van der Waals surface area (Å²) in [5.41, 5.74) is 5.35. The van der Waals surface area contributed by atoms with Crippen molar-refractivity contribution in [3.63, 3.8) is 0 Å². The Morgan fingerprint density at radius 2 is 1.97 bits per heavy atom. The molecule has 1 aliphatic heterocycles. The maximum absolute atomic E-state index is 13.4. The van der Waals surface area contributed by atoms with Crippen molar-refractivity contribution in [3.05, 3.63) is 76.4 Å². The number of thiazole rings is 1. The van der Waals surface area contributed by atoms with Crippen LogP contribution in [0.2, 0.25) is 0 Å². The first-order valence-electron chi connectivity index (χ1n) is 11.2. The first-order chi connectivity index (χ1) is 15.8. The quantitative estimate of drug-likeness (QED) is 0.577. The van der Waals surface area contributed by atoms with E-state index in [-0.39, 0.29) is 24.8 Å². The third kappa shape index (κ3) is 4.56. The fourth-order valence-corrected chi connectivity index (χ4v) is 5.38. The number of β-amino-alcohol motifs (C(OH)–C–C–N with tert-alkyl or cyclic N) is 1. The Bertz CT molecular complexity index is 1160. The molecule has 2 N–H and O–H groups in total. The Balaban J connectivity index is 1.50. The highest BCUT2D eigenvalue weighted by molar-refractivity contribution is 7.13. The first-order valence-corrected chi connectivity index (χ1v) is 12.1. The van der Waals surface area contributed by atoms with E-state index in [0.717, 1.165) is 27.3 Å². The van der Waals surface area contributed by atoms with Crippen molar-refractivity contribution in [2.45, 2.75) is 51.8 Å². The fourth-order valence-electron chi connectivity index (χ4n) is 4.57. The van der Waals surface area contributed by atoms with Gasteiger partial charge in [-0.3, -0.25) is 9.59 Å². The summed E-state index contributed by atoms with van der Waals surface area (Å²) in [4.78, 5) is 33.7. The molecule has 0 bridgehead atoms. The van der Waals surface area contributed by atoms with Gasteiger partial charge >= 0.3 is 0 Å². The molecule has 1 fully saturated rings. The second kappa shape index (κ2) is 9.45. The molecule has 0 saturated carbocycles. The zero-order valence-corrected chi connectivity index (χ0v) is 20.0. The molecule has 0 spiro atoms. The Morgan fingerprint density at radius 3 is 2.61 bits per heavy atom. The van der Waals surface area contributed by atoms with Crippen molar-refractivity contribution in [1.29, 1.82) is 0 Å². The van der Waals surface area contributed by atoms with E-state index >= 15 is 0 Å². The van der Waals surface area contributed by atoms with Crippen LogP contribution in [0.25, 0.3) is 10.4 Å². The van der Waals surface area contributed by atoms with Crippen molar-refractivity contribution in [2.24, 2.45) is 0 Å². The largest absolute Gasteiger partial charge is 0.391 e. The van der Waals surface area contributed by atoms with E-state index < -0.39 is 11.6 Å². The van der Waals surface area contributed by atoms with Crippen LogP contribution in [-0.4, -0.2) is 45.0 Å². The number of aliphatic hydroxyl groups is 1. The normalized spacial score (nSPS) is 20.1. The van der Waals surface area contributed by atoms with Crippen molar-refractivity contribution in [3.8, 4) is 10.4 Å². The molecule has 1 aliphatic rings. The molecule has 2 atom stereocenters. The number of benzene rings is 2. The molecule has 4 rings (SSSR count). The van der Waals surface area contributed by atoms with Crippen LogP contribution in [0.3, 0.4) is 0 Å². The smallest absolute Gasteiger partial charge is 0.254 e. The van der Waals surface area contributed by atoms with Gasteiger partial charge in [0, 0.05) is 25.1 Å². The minimum absolute atomic E-state index is 0.150. The van der Waals surface area contributed by atoms with Gasteiger partial charge in [-0.2, -0.15) is 0 Å². The van der Waals surface area contributed by atoms with Gasteiger partial charge in [0.25, 0.3) is 5.91 Å². The summed E-state index contributed by atoms with van der Waals surface area (Å²) < 4.78 is 0. The predicted molar refractivity (Wildman–Crippen MR) is 130 cm³/mol. The van der Waals surface area contributed by atoms with E-state index in [4.69, 9.17) is 0 Å². The molecule has 1 unspecified atom stereocenters. The molecule has 3 aromatic rings. The van der Waals surface area contributed by atoms with E-state index in [1.807, 2.05) is 68.7 Å². The van der Waals surface area contributed by atoms with Crippen LogP contribution in [0.15, 0.2) is 54.0 Å². The maximum atomic E-state index is 13.4. The van der Waals surface area contributed by atoms with Crippen LogP contribution in [0, 0.1) is 13.8 Å². The van der Waals surface area contributed by atoms with Crippen LogP contribution in [0.4, 0.5) is 0 Å². The molecule has 2 heterocycles. The van der Waals surface area contributed by atoms with Gasteiger partial charge in [-0.05, 0) is 43.5 Å². The van der Waals surface area contributed by atoms with Gasteiger partial charge in [-0.1, -0.05) is 48.9 Å². The second-order valence-electron chi connectivity index (χ2n) is 8.67. The number of hydrogen-bond donors (Lipinski definition) is 2. The molecule has 172 valence electrons. The van der Waals surface area contributed by atoms with Crippen molar-refractivity contribution < 1.29 is 14.7 Å². The zero-order valence-electron chi connectivity index (χ0n) is 19.2. The summed E-state index contributed by atoms with van der Waals surface area (Å²) in [6.45, 7) is 6.31. The van der Waals surface area contributed by atoms with Crippen LogP contribution in [0.1, 0.15) is 46.9 Å². The number of aliphatic hydroxyl groups excluding tert-OH is 1. The molecule has 0 radical (unpaired) electrons. The lowest BCUT2D eigenvalue weighted by molar-refractivity contribution is -0.131. The molecule has 2 amide bonds. The van der Waals surface area contributed by atoms with Crippen molar-refractivity contribution in [2.75, 3.05) is 6.54 Å². The van der Waals surface area contributed by atoms with E-state index in [1.165, 1.54) is 0 Å². The summed E-state index contributed by atoms with van der Waals surface area (Å²) in [6.07, 6.45) is -0.0700. The third-order valence-electron chi connectivity index (χ3n) is 6.42. The predicted octanol–water partition coefficient (Wildman–Crippen LogP) is 4.10. The number of nitrogens with zero attached hydrogens (tertiary/aromatic N) is 2. The van der Waals surface area contributed by atoms with Gasteiger partial charge in [-0.15, -0.1) is 11.3 Å². The average molecular weight is 464 g/mol. The van der Waals surface area contributed by atoms with E-state index in [9.17, 15) is 14.7 Å². The Kier molecular flexibility index (Phi) is 6.63. The highest BCUT2D eigenvalue weighted by Crippen LogP contribution is 2.35. The monoisotopic (exact) mass is 463 g/mol. The minimum Gasteiger partial charge on any atom is -0.391 e. The highest BCUT2D eigenvalue weighted by atomic mass is 32.1. The van der Waals surface area contributed by atoms with Gasteiger partial charge < -0.3 is 15.3 Å². The van der Waals surface area contributed by atoms with Gasteiger partial charge in [0.2, 0.25) is 5.91 Å². The number of rotatable bonds is 6. The Hall–Kier alpha value is -3.03. The van der Waals surface area contributed by atoms with Gasteiger partial charge in [0.15, 0.2) is 0 Å². The summed E-state index contributed by atoms with van der Waals surface area (Å²) in [5, 5.41) is 13.4.